The van der Waals surface area contributed by atoms with Gasteiger partial charge in [-0.2, -0.15) is 0 Å². The highest BCUT2D eigenvalue weighted by atomic mass is 32.2. The van der Waals surface area contributed by atoms with Crippen molar-refractivity contribution in [1.82, 2.24) is 14.9 Å². The zero-order valence-electron chi connectivity index (χ0n) is 13.6. The Balaban J connectivity index is 1.67. The number of amides is 1. The second-order valence-electron chi connectivity index (χ2n) is 5.81. The Kier molecular flexibility index (Phi) is 5.12. The molecule has 0 spiro atoms. The molecule has 3 heterocycles. The lowest BCUT2D eigenvalue weighted by atomic mass is 10.2. The summed E-state index contributed by atoms with van der Waals surface area (Å²) in [5.74, 6) is 0.419. The molecule has 1 fully saturated rings. The predicted molar refractivity (Wildman–Crippen MR) is 97.3 cm³/mol. The minimum absolute atomic E-state index is 0.0696. The number of sulfone groups is 1. The van der Waals surface area contributed by atoms with E-state index in [1.807, 2.05) is 0 Å². The predicted octanol–water partition coefficient (Wildman–Crippen LogP) is 1.99. The first kappa shape index (κ1) is 17.6. The summed E-state index contributed by atoms with van der Waals surface area (Å²) in [4.78, 5) is 24.7. The molecule has 24 heavy (non-hydrogen) atoms. The molecule has 1 saturated heterocycles. The number of rotatable bonds is 5. The van der Waals surface area contributed by atoms with Gasteiger partial charge in [0.2, 0.25) is 5.91 Å². The minimum Gasteiger partial charge on any atom is -0.341 e. The SMILES string of the molecule is CCc1cc2c(SCC(=O)N(C)[C@H]3CCS(=O)(=O)C3)ncnc2s1. The molecule has 0 saturated carbocycles. The summed E-state index contributed by atoms with van der Waals surface area (Å²) in [7, 11) is -1.31. The van der Waals surface area contributed by atoms with E-state index >= 15 is 0 Å². The van der Waals surface area contributed by atoms with Crippen molar-refractivity contribution in [2.24, 2.45) is 0 Å². The Morgan fingerprint density at radius 1 is 1.46 bits per heavy atom. The zero-order valence-corrected chi connectivity index (χ0v) is 16.0. The van der Waals surface area contributed by atoms with E-state index in [0.717, 1.165) is 21.7 Å². The highest BCUT2D eigenvalue weighted by molar-refractivity contribution is 8.00. The number of carbonyl (C=O) groups is 1. The molecule has 2 aromatic rings. The molecule has 1 amide bonds. The van der Waals surface area contributed by atoms with E-state index in [1.54, 1.807) is 23.3 Å². The summed E-state index contributed by atoms with van der Waals surface area (Å²) in [5, 5.41) is 1.79. The van der Waals surface area contributed by atoms with Crippen molar-refractivity contribution >= 4 is 49.1 Å². The number of fused-ring (bicyclic) bond motifs is 1. The lowest BCUT2D eigenvalue weighted by molar-refractivity contribution is -0.128. The molecule has 3 rings (SSSR count). The highest BCUT2D eigenvalue weighted by Crippen LogP contribution is 2.31. The van der Waals surface area contributed by atoms with E-state index in [0.29, 0.717) is 6.42 Å². The lowest BCUT2D eigenvalue weighted by Crippen LogP contribution is -2.38. The Hall–Kier alpha value is -1.19. The Morgan fingerprint density at radius 3 is 2.92 bits per heavy atom. The number of hydrogen-bond donors (Lipinski definition) is 0. The maximum absolute atomic E-state index is 12.4. The van der Waals surface area contributed by atoms with Crippen LogP contribution in [-0.2, 0) is 21.1 Å². The Labute approximate surface area is 149 Å². The number of nitrogens with zero attached hydrogens (tertiary/aromatic N) is 3. The maximum Gasteiger partial charge on any atom is 0.233 e. The van der Waals surface area contributed by atoms with E-state index in [9.17, 15) is 13.2 Å². The van der Waals surface area contributed by atoms with Gasteiger partial charge in [0.05, 0.1) is 17.3 Å². The van der Waals surface area contributed by atoms with Crippen LogP contribution in [0.15, 0.2) is 17.4 Å². The van der Waals surface area contributed by atoms with E-state index < -0.39 is 9.84 Å². The van der Waals surface area contributed by atoms with Gasteiger partial charge in [-0.15, -0.1) is 11.3 Å². The summed E-state index contributed by atoms with van der Waals surface area (Å²) >= 11 is 3.03. The third kappa shape index (κ3) is 3.73. The molecule has 2 aromatic heterocycles. The van der Waals surface area contributed by atoms with E-state index in [1.165, 1.54) is 23.0 Å². The molecule has 1 aliphatic heterocycles. The number of thioether (sulfide) groups is 1. The third-order valence-electron chi connectivity index (χ3n) is 4.17. The maximum atomic E-state index is 12.4. The first-order valence-corrected chi connectivity index (χ1v) is 11.3. The van der Waals surface area contributed by atoms with Crippen LogP contribution in [0.2, 0.25) is 0 Å². The van der Waals surface area contributed by atoms with Crippen LogP contribution in [-0.4, -0.2) is 59.5 Å². The van der Waals surface area contributed by atoms with Crippen molar-refractivity contribution in [3.8, 4) is 0 Å². The van der Waals surface area contributed by atoms with Gasteiger partial charge in [0.1, 0.15) is 16.2 Å². The van der Waals surface area contributed by atoms with Crippen LogP contribution in [0.1, 0.15) is 18.2 Å². The molecule has 0 radical (unpaired) electrons. The zero-order chi connectivity index (χ0) is 17.3. The van der Waals surface area contributed by atoms with Gasteiger partial charge < -0.3 is 4.90 Å². The van der Waals surface area contributed by atoms with Crippen LogP contribution in [0.4, 0.5) is 0 Å². The fourth-order valence-electron chi connectivity index (χ4n) is 2.69. The van der Waals surface area contributed by atoms with Crippen molar-refractivity contribution in [1.29, 1.82) is 0 Å². The second kappa shape index (κ2) is 6.97. The van der Waals surface area contributed by atoms with Gasteiger partial charge >= 0.3 is 0 Å². The van der Waals surface area contributed by atoms with Crippen LogP contribution >= 0.6 is 23.1 Å². The third-order valence-corrected chi connectivity index (χ3v) is 8.10. The average molecular weight is 386 g/mol. The molecule has 130 valence electrons. The summed E-state index contributed by atoms with van der Waals surface area (Å²) in [6, 6.07) is 1.88. The standard InChI is InChI=1S/C15H19N3O3S3/c1-3-11-6-12-14(16-9-17-15(12)23-11)22-7-13(19)18(2)10-4-5-24(20,21)8-10/h6,9-10H,3-5,7-8H2,1-2H3/t10-/m0/s1. The monoisotopic (exact) mass is 385 g/mol. The topological polar surface area (TPSA) is 80.2 Å². The van der Waals surface area contributed by atoms with Gasteiger partial charge in [-0.3, -0.25) is 4.79 Å². The fourth-order valence-corrected chi connectivity index (χ4v) is 6.36. The number of carbonyl (C=O) groups excluding carboxylic acids is 1. The van der Waals surface area contributed by atoms with Crippen LogP contribution in [0.5, 0.6) is 0 Å². The minimum atomic E-state index is -2.99. The molecule has 1 aliphatic rings. The van der Waals surface area contributed by atoms with Crippen molar-refractivity contribution in [3.63, 3.8) is 0 Å². The number of thiophene rings is 1. The van der Waals surface area contributed by atoms with E-state index in [4.69, 9.17) is 0 Å². The smallest absolute Gasteiger partial charge is 0.233 e. The molecule has 0 unspecified atom stereocenters. The van der Waals surface area contributed by atoms with E-state index in [-0.39, 0.29) is 29.2 Å². The van der Waals surface area contributed by atoms with Crippen molar-refractivity contribution in [2.75, 3.05) is 24.3 Å². The van der Waals surface area contributed by atoms with Crippen molar-refractivity contribution in [3.05, 3.63) is 17.3 Å². The molecular formula is C15H19N3O3S3. The summed E-state index contributed by atoms with van der Waals surface area (Å²) in [5.41, 5.74) is 0. The molecule has 0 aliphatic carbocycles. The average Bonchev–Trinajstić information content (AvgIpc) is 3.14. The van der Waals surface area contributed by atoms with Gasteiger partial charge in [0.15, 0.2) is 9.84 Å². The molecular weight excluding hydrogens is 366 g/mol. The van der Waals surface area contributed by atoms with Crippen LogP contribution in [0.25, 0.3) is 10.2 Å². The van der Waals surface area contributed by atoms with Crippen LogP contribution in [0.3, 0.4) is 0 Å². The highest BCUT2D eigenvalue weighted by Gasteiger charge is 2.32. The quantitative estimate of drug-likeness (QED) is 0.578. The Morgan fingerprint density at radius 2 is 2.25 bits per heavy atom. The number of aromatic nitrogens is 2. The summed E-state index contributed by atoms with van der Waals surface area (Å²) in [6.07, 6.45) is 3.00. The van der Waals surface area contributed by atoms with Crippen molar-refractivity contribution in [2.45, 2.75) is 30.8 Å². The molecule has 0 bridgehead atoms. The molecule has 0 N–H and O–H groups in total. The number of aryl methyl sites for hydroxylation is 1. The first-order valence-electron chi connectivity index (χ1n) is 7.72. The van der Waals surface area contributed by atoms with E-state index in [2.05, 4.69) is 23.0 Å². The van der Waals surface area contributed by atoms with Gasteiger partial charge in [0, 0.05) is 23.4 Å². The summed E-state index contributed by atoms with van der Waals surface area (Å²) < 4.78 is 23.1. The molecule has 6 nitrogen and oxygen atoms in total. The van der Waals surface area contributed by atoms with Gasteiger partial charge in [-0.25, -0.2) is 18.4 Å². The van der Waals surface area contributed by atoms with Crippen molar-refractivity contribution < 1.29 is 13.2 Å². The first-order chi connectivity index (χ1) is 11.4. The molecule has 9 heteroatoms. The van der Waals surface area contributed by atoms with Crippen LogP contribution < -0.4 is 0 Å². The lowest BCUT2D eigenvalue weighted by Gasteiger charge is -2.23. The van der Waals surface area contributed by atoms with Gasteiger partial charge in [-0.1, -0.05) is 18.7 Å². The van der Waals surface area contributed by atoms with Gasteiger partial charge in [-0.05, 0) is 18.9 Å². The molecule has 0 aromatic carbocycles. The Bertz CT molecular complexity index is 863. The normalized spacial score (nSPS) is 19.7. The largest absolute Gasteiger partial charge is 0.341 e. The van der Waals surface area contributed by atoms with Gasteiger partial charge in [0.25, 0.3) is 0 Å². The molecule has 1 atom stereocenters. The number of hydrogen-bond acceptors (Lipinski definition) is 7. The van der Waals surface area contributed by atoms with Crippen LogP contribution in [0, 0.1) is 0 Å². The summed E-state index contributed by atoms with van der Waals surface area (Å²) in [6.45, 7) is 2.10. The fraction of sp³-hybridized carbons (Fsp3) is 0.533. The second-order valence-corrected chi connectivity index (χ2v) is 10.1.